The molecule has 0 saturated heterocycles. The minimum atomic E-state index is -0.0743. The second-order valence-electron chi connectivity index (χ2n) is 6.04. The molecule has 1 aromatic rings. The summed E-state index contributed by atoms with van der Waals surface area (Å²) in [5.74, 6) is 1.54. The van der Waals surface area contributed by atoms with Crippen molar-refractivity contribution in [2.24, 2.45) is 5.92 Å². The fourth-order valence-corrected chi connectivity index (χ4v) is 3.21. The number of unbranched alkanes of at least 4 members (excludes halogenated alkanes) is 2. The maximum atomic E-state index is 9.07. The number of tetrazole rings is 1. The third-order valence-electron chi connectivity index (χ3n) is 4.45. The number of aryl methyl sites for hydroxylation is 1. The Hall–Kier alpha value is -0.970. The first-order chi connectivity index (χ1) is 9.90. The van der Waals surface area contributed by atoms with Gasteiger partial charge >= 0.3 is 0 Å². The number of nitrogens with zero attached hydrogens (tertiary/aromatic N) is 4. The fraction of sp³-hybridized carbons (Fsp3) is 0.933. The van der Waals surface area contributed by atoms with Crippen LogP contribution in [0.3, 0.4) is 0 Å². The number of aliphatic hydroxyl groups excluding tert-OH is 1. The highest BCUT2D eigenvalue weighted by atomic mass is 16.3. The highest BCUT2D eigenvalue weighted by molar-refractivity contribution is 4.75. The monoisotopic (exact) mass is 280 g/mol. The molecule has 0 bridgehead atoms. The Morgan fingerprint density at radius 3 is 2.50 bits per heavy atom. The minimum Gasteiger partial charge on any atom is -0.388 e. The van der Waals surface area contributed by atoms with Gasteiger partial charge in [0.05, 0.1) is 0 Å². The lowest BCUT2D eigenvalue weighted by molar-refractivity contribution is 0.261. The molecule has 114 valence electrons. The van der Waals surface area contributed by atoms with E-state index in [0.29, 0.717) is 5.82 Å². The third kappa shape index (κ3) is 5.19. The van der Waals surface area contributed by atoms with E-state index in [1.165, 1.54) is 64.2 Å². The normalized spacial score (nSPS) is 17.9. The maximum absolute atomic E-state index is 9.07. The molecule has 0 spiro atoms. The topological polar surface area (TPSA) is 63.8 Å². The highest BCUT2D eigenvalue weighted by Gasteiger charge is 2.11. The Balaban J connectivity index is 1.56. The third-order valence-corrected chi connectivity index (χ3v) is 4.45. The van der Waals surface area contributed by atoms with Crippen LogP contribution in [0.5, 0.6) is 0 Å². The molecule has 1 saturated carbocycles. The first kappa shape index (κ1) is 15.4. The van der Waals surface area contributed by atoms with E-state index in [0.717, 1.165) is 18.9 Å². The van der Waals surface area contributed by atoms with Crippen LogP contribution in [0.4, 0.5) is 0 Å². The Bertz CT molecular complexity index is 359. The number of rotatable bonds is 7. The van der Waals surface area contributed by atoms with Crippen molar-refractivity contribution >= 4 is 0 Å². The van der Waals surface area contributed by atoms with Gasteiger partial charge in [-0.1, -0.05) is 64.2 Å². The van der Waals surface area contributed by atoms with Crippen LogP contribution in [0.1, 0.15) is 76.5 Å². The van der Waals surface area contributed by atoms with Crippen molar-refractivity contribution in [1.29, 1.82) is 0 Å². The van der Waals surface area contributed by atoms with E-state index < -0.39 is 0 Å². The molecule has 0 aromatic carbocycles. The molecule has 1 fully saturated rings. The zero-order chi connectivity index (χ0) is 14.0. The number of aromatic nitrogens is 4. The van der Waals surface area contributed by atoms with Crippen LogP contribution in [0, 0.1) is 5.92 Å². The van der Waals surface area contributed by atoms with Crippen molar-refractivity contribution in [3.63, 3.8) is 0 Å². The smallest absolute Gasteiger partial charge is 0.176 e. The molecular formula is C15H28N4O. The standard InChI is InChI=1S/C15H28N4O/c20-13-15-16-17-18-19(15)12-8-4-7-11-14-9-5-2-1-3-6-10-14/h14,20H,1-13H2. The van der Waals surface area contributed by atoms with Crippen molar-refractivity contribution in [1.82, 2.24) is 20.2 Å². The molecule has 20 heavy (non-hydrogen) atoms. The predicted molar refractivity (Wildman–Crippen MR) is 78.0 cm³/mol. The van der Waals surface area contributed by atoms with Crippen molar-refractivity contribution < 1.29 is 5.11 Å². The van der Waals surface area contributed by atoms with Gasteiger partial charge in [0.25, 0.3) is 0 Å². The Labute approximate surface area is 121 Å². The summed E-state index contributed by atoms with van der Waals surface area (Å²) < 4.78 is 1.72. The van der Waals surface area contributed by atoms with Gasteiger partial charge in [-0.05, 0) is 22.8 Å². The van der Waals surface area contributed by atoms with Gasteiger partial charge in [-0.15, -0.1) is 5.10 Å². The molecule has 5 nitrogen and oxygen atoms in total. The van der Waals surface area contributed by atoms with Crippen molar-refractivity contribution in [2.75, 3.05) is 0 Å². The van der Waals surface area contributed by atoms with Crippen molar-refractivity contribution in [3.8, 4) is 0 Å². The van der Waals surface area contributed by atoms with Crippen LogP contribution >= 0.6 is 0 Å². The number of aliphatic hydroxyl groups is 1. The average molecular weight is 280 g/mol. The van der Waals surface area contributed by atoms with Gasteiger partial charge in [-0.3, -0.25) is 0 Å². The first-order valence-corrected chi connectivity index (χ1v) is 8.26. The molecule has 5 heteroatoms. The molecule has 1 N–H and O–H groups in total. The summed E-state index contributed by atoms with van der Waals surface area (Å²) in [6.45, 7) is 0.753. The van der Waals surface area contributed by atoms with Crippen LogP contribution in [0.2, 0.25) is 0 Å². The zero-order valence-corrected chi connectivity index (χ0v) is 12.5. The van der Waals surface area contributed by atoms with E-state index in [2.05, 4.69) is 15.5 Å². The summed E-state index contributed by atoms with van der Waals surface area (Å²) in [6, 6.07) is 0. The second kappa shape index (κ2) is 9.06. The molecule has 0 amide bonds. The molecule has 1 aromatic heterocycles. The van der Waals surface area contributed by atoms with E-state index in [1.807, 2.05) is 0 Å². The Morgan fingerprint density at radius 1 is 1.00 bits per heavy atom. The minimum absolute atomic E-state index is 0.0743. The molecule has 1 aliphatic rings. The zero-order valence-electron chi connectivity index (χ0n) is 12.5. The summed E-state index contributed by atoms with van der Waals surface area (Å²) >= 11 is 0. The van der Waals surface area contributed by atoms with Crippen LogP contribution in [0.25, 0.3) is 0 Å². The van der Waals surface area contributed by atoms with E-state index >= 15 is 0 Å². The summed E-state index contributed by atoms with van der Waals surface area (Å²) in [5.41, 5.74) is 0. The van der Waals surface area contributed by atoms with Gasteiger partial charge in [0.2, 0.25) is 0 Å². The van der Waals surface area contributed by atoms with Gasteiger partial charge in [0.1, 0.15) is 6.61 Å². The number of hydrogen-bond donors (Lipinski definition) is 1. The molecule has 1 aliphatic carbocycles. The van der Waals surface area contributed by atoms with Crippen LogP contribution in [0.15, 0.2) is 0 Å². The largest absolute Gasteiger partial charge is 0.388 e. The predicted octanol–water partition coefficient (Wildman–Crippen LogP) is 3.09. The molecule has 0 atom stereocenters. The number of hydrogen-bond acceptors (Lipinski definition) is 4. The van der Waals surface area contributed by atoms with Crippen molar-refractivity contribution in [2.45, 2.75) is 83.8 Å². The first-order valence-electron chi connectivity index (χ1n) is 8.26. The molecule has 1 heterocycles. The van der Waals surface area contributed by atoms with Crippen LogP contribution in [-0.2, 0) is 13.2 Å². The maximum Gasteiger partial charge on any atom is 0.176 e. The fourth-order valence-electron chi connectivity index (χ4n) is 3.21. The lowest BCUT2D eigenvalue weighted by Gasteiger charge is -2.19. The van der Waals surface area contributed by atoms with E-state index in [9.17, 15) is 0 Å². The van der Waals surface area contributed by atoms with Gasteiger partial charge in [-0.2, -0.15) is 0 Å². The van der Waals surface area contributed by atoms with Gasteiger partial charge in [0, 0.05) is 6.54 Å². The van der Waals surface area contributed by atoms with Gasteiger partial charge in [0.15, 0.2) is 5.82 Å². The van der Waals surface area contributed by atoms with Crippen LogP contribution < -0.4 is 0 Å². The van der Waals surface area contributed by atoms with Gasteiger partial charge < -0.3 is 5.11 Å². The summed E-state index contributed by atoms with van der Waals surface area (Å²) in [4.78, 5) is 0. The Kier molecular flexibility index (Phi) is 6.98. The van der Waals surface area contributed by atoms with E-state index in [1.54, 1.807) is 4.68 Å². The second-order valence-corrected chi connectivity index (χ2v) is 6.04. The van der Waals surface area contributed by atoms with E-state index in [-0.39, 0.29) is 6.61 Å². The van der Waals surface area contributed by atoms with Crippen molar-refractivity contribution in [3.05, 3.63) is 5.82 Å². The molecule has 0 unspecified atom stereocenters. The quantitative estimate of drug-likeness (QED) is 0.780. The molecular weight excluding hydrogens is 252 g/mol. The SMILES string of the molecule is OCc1nnnn1CCCCCC1CCCCCCC1. The molecule has 0 radical (unpaired) electrons. The summed E-state index contributed by atoms with van der Waals surface area (Å²) in [7, 11) is 0. The molecule has 0 aliphatic heterocycles. The van der Waals surface area contributed by atoms with Crippen LogP contribution in [-0.4, -0.2) is 25.3 Å². The average Bonchev–Trinajstić information content (AvgIpc) is 2.87. The summed E-state index contributed by atoms with van der Waals surface area (Å²) in [5, 5.41) is 20.3. The lowest BCUT2D eigenvalue weighted by atomic mass is 9.87. The highest BCUT2D eigenvalue weighted by Crippen LogP contribution is 2.26. The van der Waals surface area contributed by atoms with Gasteiger partial charge in [-0.25, -0.2) is 4.68 Å². The lowest BCUT2D eigenvalue weighted by Crippen LogP contribution is -2.07. The Morgan fingerprint density at radius 2 is 1.75 bits per heavy atom. The van der Waals surface area contributed by atoms with E-state index in [4.69, 9.17) is 5.11 Å². The summed E-state index contributed by atoms with van der Waals surface area (Å²) in [6.07, 6.45) is 15.2. The molecule has 2 rings (SSSR count).